The zero-order valence-corrected chi connectivity index (χ0v) is 16.0. The largest absolute Gasteiger partial charge is 0.342 e. The third-order valence-corrected chi connectivity index (χ3v) is 6.54. The number of carbonyl (C=O) groups excluding carboxylic acids is 1. The van der Waals surface area contributed by atoms with Gasteiger partial charge >= 0.3 is 0 Å². The lowest BCUT2D eigenvalue weighted by molar-refractivity contribution is -0.130. The summed E-state index contributed by atoms with van der Waals surface area (Å²) in [6.07, 6.45) is 0. The Morgan fingerprint density at radius 2 is 1.78 bits per heavy atom. The van der Waals surface area contributed by atoms with Crippen LogP contribution in [0.4, 0.5) is 0 Å². The molecule has 0 radical (unpaired) electrons. The van der Waals surface area contributed by atoms with Crippen molar-refractivity contribution in [2.75, 3.05) is 18.8 Å². The molecule has 0 N–H and O–H groups in total. The molecule has 0 bridgehead atoms. The third-order valence-electron chi connectivity index (χ3n) is 3.28. The van der Waals surface area contributed by atoms with Crippen LogP contribution in [0, 0.1) is 0 Å². The van der Waals surface area contributed by atoms with Crippen LogP contribution < -0.4 is 0 Å². The topological polar surface area (TPSA) is 46.1 Å². The molecular weight excluding hydrogens is 346 g/mol. The van der Waals surface area contributed by atoms with Gasteiger partial charge in [-0.15, -0.1) is 10.2 Å². The SMILES string of the molecule is CCSc1nnc(SC(C(=O)N(CC)CC)c2ccccc2)s1. The van der Waals surface area contributed by atoms with Crippen LogP contribution in [-0.4, -0.2) is 39.8 Å². The first-order chi connectivity index (χ1) is 11.2. The average molecular weight is 368 g/mol. The molecule has 1 aromatic heterocycles. The molecule has 2 rings (SSSR count). The second-order valence-corrected chi connectivity index (χ2v) is 8.53. The molecule has 0 saturated heterocycles. The predicted molar refractivity (Wildman–Crippen MR) is 99.3 cm³/mol. The van der Waals surface area contributed by atoms with Gasteiger partial charge in [0.25, 0.3) is 0 Å². The van der Waals surface area contributed by atoms with E-state index < -0.39 is 0 Å². The molecule has 1 heterocycles. The molecule has 0 aliphatic rings. The van der Waals surface area contributed by atoms with E-state index in [4.69, 9.17) is 0 Å². The van der Waals surface area contributed by atoms with Crippen molar-refractivity contribution in [3.63, 3.8) is 0 Å². The summed E-state index contributed by atoms with van der Waals surface area (Å²) in [6, 6.07) is 9.91. The van der Waals surface area contributed by atoms with Crippen LogP contribution in [0.25, 0.3) is 0 Å². The maximum absolute atomic E-state index is 12.9. The molecule has 1 unspecified atom stereocenters. The van der Waals surface area contributed by atoms with Crippen molar-refractivity contribution < 1.29 is 4.79 Å². The van der Waals surface area contributed by atoms with Gasteiger partial charge in [0.1, 0.15) is 5.25 Å². The van der Waals surface area contributed by atoms with E-state index in [9.17, 15) is 4.79 Å². The van der Waals surface area contributed by atoms with Gasteiger partial charge in [0.2, 0.25) is 5.91 Å². The quantitative estimate of drug-likeness (QED) is 0.649. The number of nitrogens with zero attached hydrogens (tertiary/aromatic N) is 3. The molecule has 23 heavy (non-hydrogen) atoms. The van der Waals surface area contributed by atoms with Crippen molar-refractivity contribution in [3.05, 3.63) is 35.9 Å². The first-order valence-electron chi connectivity index (χ1n) is 7.66. The molecule has 1 aromatic carbocycles. The van der Waals surface area contributed by atoms with E-state index in [0.29, 0.717) is 13.1 Å². The number of carbonyl (C=O) groups is 1. The number of thioether (sulfide) groups is 2. The van der Waals surface area contributed by atoms with Crippen LogP contribution >= 0.6 is 34.9 Å². The maximum Gasteiger partial charge on any atom is 0.240 e. The highest BCUT2D eigenvalue weighted by Gasteiger charge is 2.27. The highest BCUT2D eigenvalue weighted by molar-refractivity contribution is 8.03. The summed E-state index contributed by atoms with van der Waals surface area (Å²) in [5.74, 6) is 1.10. The van der Waals surface area contributed by atoms with Crippen molar-refractivity contribution in [1.82, 2.24) is 15.1 Å². The summed E-state index contributed by atoms with van der Waals surface area (Å²) in [5.41, 5.74) is 1.01. The van der Waals surface area contributed by atoms with Crippen LogP contribution in [-0.2, 0) is 4.79 Å². The maximum atomic E-state index is 12.9. The van der Waals surface area contributed by atoms with E-state index >= 15 is 0 Å². The smallest absolute Gasteiger partial charge is 0.240 e. The lowest BCUT2D eigenvalue weighted by atomic mass is 10.1. The van der Waals surface area contributed by atoms with E-state index in [0.717, 1.165) is 20.0 Å². The molecule has 1 amide bonds. The van der Waals surface area contributed by atoms with E-state index in [1.807, 2.05) is 49.1 Å². The van der Waals surface area contributed by atoms with Gasteiger partial charge in [0.05, 0.1) is 0 Å². The van der Waals surface area contributed by atoms with E-state index in [2.05, 4.69) is 17.1 Å². The van der Waals surface area contributed by atoms with E-state index in [-0.39, 0.29) is 11.2 Å². The highest BCUT2D eigenvalue weighted by Crippen LogP contribution is 2.39. The fraction of sp³-hybridized carbons (Fsp3) is 0.438. The first-order valence-corrected chi connectivity index (χ1v) is 10.3. The molecule has 1 atom stereocenters. The predicted octanol–water partition coefficient (Wildman–Crippen LogP) is 4.35. The standard InChI is InChI=1S/C16H21N3OS3/c1-4-19(5-2)14(20)13(12-10-8-7-9-11-12)22-16-18-17-15(23-16)21-6-3/h7-11,13H,4-6H2,1-3H3. The number of likely N-dealkylation sites (N-methyl/N-ethyl adjacent to an activating group) is 1. The molecular formula is C16H21N3OS3. The zero-order valence-electron chi connectivity index (χ0n) is 13.6. The summed E-state index contributed by atoms with van der Waals surface area (Å²) >= 11 is 4.73. The Kier molecular flexibility index (Phi) is 7.39. The van der Waals surface area contributed by atoms with Gasteiger partial charge in [0.15, 0.2) is 8.68 Å². The second-order valence-electron chi connectivity index (χ2n) is 4.69. The number of benzene rings is 1. The Labute approximate surface area is 150 Å². The summed E-state index contributed by atoms with van der Waals surface area (Å²) in [7, 11) is 0. The van der Waals surface area contributed by atoms with Gasteiger partial charge in [-0.25, -0.2) is 0 Å². The van der Waals surface area contributed by atoms with Gasteiger partial charge in [-0.2, -0.15) is 0 Å². The van der Waals surface area contributed by atoms with E-state index in [1.54, 1.807) is 23.1 Å². The van der Waals surface area contributed by atoms with Crippen LogP contribution in [0.3, 0.4) is 0 Å². The number of hydrogen-bond donors (Lipinski definition) is 0. The zero-order chi connectivity index (χ0) is 16.7. The molecule has 2 aromatic rings. The van der Waals surface area contributed by atoms with Gasteiger partial charge < -0.3 is 4.90 Å². The third kappa shape index (κ3) is 4.96. The summed E-state index contributed by atoms with van der Waals surface area (Å²) < 4.78 is 1.80. The molecule has 0 aliphatic heterocycles. The van der Waals surface area contributed by atoms with Crippen molar-refractivity contribution >= 4 is 40.8 Å². The highest BCUT2D eigenvalue weighted by atomic mass is 32.2. The van der Waals surface area contributed by atoms with Crippen molar-refractivity contribution in [3.8, 4) is 0 Å². The molecule has 7 heteroatoms. The lowest BCUT2D eigenvalue weighted by Crippen LogP contribution is -2.33. The normalized spacial score (nSPS) is 12.1. The Morgan fingerprint density at radius 1 is 1.13 bits per heavy atom. The molecule has 4 nitrogen and oxygen atoms in total. The first kappa shape index (κ1) is 18.3. The van der Waals surface area contributed by atoms with E-state index in [1.165, 1.54) is 11.8 Å². The van der Waals surface area contributed by atoms with Crippen LogP contribution in [0.5, 0.6) is 0 Å². The van der Waals surface area contributed by atoms with Crippen molar-refractivity contribution in [2.45, 2.75) is 34.7 Å². The minimum Gasteiger partial charge on any atom is -0.342 e. The summed E-state index contributed by atoms with van der Waals surface area (Å²) in [5, 5.41) is 8.14. The van der Waals surface area contributed by atoms with Crippen molar-refractivity contribution in [1.29, 1.82) is 0 Å². The van der Waals surface area contributed by atoms with Gasteiger partial charge in [-0.05, 0) is 25.2 Å². The van der Waals surface area contributed by atoms with Gasteiger partial charge in [0, 0.05) is 13.1 Å². The fourth-order valence-electron chi connectivity index (χ4n) is 2.12. The Hall–Kier alpha value is -1.05. The summed E-state index contributed by atoms with van der Waals surface area (Å²) in [4.78, 5) is 14.8. The number of rotatable bonds is 8. The molecule has 0 saturated carbocycles. The molecule has 0 fully saturated rings. The second kappa shape index (κ2) is 9.30. The number of amides is 1. The van der Waals surface area contributed by atoms with Crippen LogP contribution in [0.2, 0.25) is 0 Å². The van der Waals surface area contributed by atoms with Gasteiger partial charge in [-0.1, -0.05) is 72.1 Å². The number of hydrogen-bond acceptors (Lipinski definition) is 6. The van der Waals surface area contributed by atoms with Gasteiger partial charge in [-0.3, -0.25) is 4.79 Å². The average Bonchev–Trinajstić information content (AvgIpc) is 3.02. The lowest BCUT2D eigenvalue weighted by Gasteiger charge is -2.24. The Morgan fingerprint density at radius 3 is 2.39 bits per heavy atom. The van der Waals surface area contributed by atoms with Crippen molar-refractivity contribution in [2.24, 2.45) is 0 Å². The molecule has 0 spiro atoms. The Balaban J connectivity index is 2.24. The minimum absolute atomic E-state index is 0.131. The van der Waals surface area contributed by atoms with Crippen LogP contribution in [0.15, 0.2) is 39.0 Å². The molecule has 124 valence electrons. The fourth-order valence-corrected chi connectivity index (χ4v) is 5.31. The Bertz CT molecular complexity index is 614. The minimum atomic E-state index is -0.275. The molecule has 0 aliphatic carbocycles. The van der Waals surface area contributed by atoms with Crippen LogP contribution in [0.1, 0.15) is 31.6 Å². The summed E-state index contributed by atoms with van der Waals surface area (Å²) in [6.45, 7) is 7.54. The monoisotopic (exact) mass is 367 g/mol. The number of aromatic nitrogens is 2.